The van der Waals surface area contributed by atoms with Crippen LogP contribution in [0, 0.1) is 0 Å². The van der Waals surface area contributed by atoms with Crippen molar-refractivity contribution in [1.82, 2.24) is 5.32 Å². The highest BCUT2D eigenvalue weighted by Gasteiger charge is 2.13. The fourth-order valence-corrected chi connectivity index (χ4v) is 1.99. The van der Waals surface area contributed by atoms with Gasteiger partial charge in [-0.1, -0.05) is 44.2 Å². The zero-order valence-corrected chi connectivity index (χ0v) is 10.3. The lowest BCUT2D eigenvalue weighted by Crippen LogP contribution is -2.32. The summed E-state index contributed by atoms with van der Waals surface area (Å²) in [4.78, 5) is 0. The Morgan fingerprint density at radius 3 is 2.20 bits per heavy atom. The van der Waals surface area contributed by atoms with Gasteiger partial charge in [-0.25, -0.2) is 0 Å². The van der Waals surface area contributed by atoms with E-state index in [-0.39, 0.29) is 6.04 Å². The molecule has 0 aliphatic heterocycles. The minimum absolute atomic E-state index is 0.276. The molecule has 1 rings (SSSR count). The van der Waals surface area contributed by atoms with E-state index in [9.17, 15) is 0 Å². The van der Waals surface area contributed by atoms with Crippen LogP contribution in [0.3, 0.4) is 0 Å². The molecule has 1 nitrogen and oxygen atoms in total. The van der Waals surface area contributed by atoms with E-state index in [0.29, 0.717) is 11.9 Å². The maximum atomic E-state index is 6.00. The molecule has 84 valence electrons. The second-order valence-electron chi connectivity index (χ2n) is 3.80. The Hall–Kier alpha value is -0.530. The minimum Gasteiger partial charge on any atom is -0.306 e. The van der Waals surface area contributed by atoms with Gasteiger partial charge < -0.3 is 5.32 Å². The van der Waals surface area contributed by atoms with Crippen LogP contribution in [0.5, 0.6) is 0 Å². The molecule has 0 fully saturated rings. The van der Waals surface area contributed by atoms with Crippen LogP contribution in [-0.2, 0) is 0 Å². The molecule has 1 N–H and O–H groups in total. The van der Waals surface area contributed by atoms with Gasteiger partial charge in [-0.3, -0.25) is 0 Å². The standard InChI is InChI=1S/C13H20ClN/c1-3-12(4-2)15-13(10-14)11-8-6-5-7-9-11/h5-9,12-13,15H,3-4,10H2,1-2H3. The van der Waals surface area contributed by atoms with Gasteiger partial charge in [0.1, 0.15) is 0 Å². The van der Waals surface area contributed by atoms with E-state index in [1.165, 1.54) is 5.56 Å². The fraction of sp³-hybridized carbons (Fsp3) is 0.538. The van der Waals surface area contributed by atoms with E-state index in [4.69, 9.17) is 11.6 Å². The van der Waals surface area contributed by atoms with Crippen molar-refractivity contribution in [3.8, 4) is 0 Å². The van der Waals surface area contributed by atoms with Crippen molar-refractivity contribution in [2.75, 3.05) is 5.88 Å². The Balaban J connectivity index is 2.64. The number of nitrogens with one attached hydrogen (secondary N) is 1. The lowest BCUT2D eigenvalue weighted by Gasteiger charge is -2.22. The summed E-state index contributed by atoms with van der Waals surface area (Å²) in [7, 11) is 0. The molecule has 0 aromatic heterocycles. The molecule has 1 unspecified atom stereocenters. The number of rotatable bonds is 6. The van der Waals surface area contributed by atoms with Gasteiger partial charge in [0, 0.05) is 18.0 Å². The smallest absolute Gasteiger partial charge is 0.0459 e. The number of hydrogen-bond acceptors (Lipinski definition) is 1. The summed E-state index contributed by atoms with van der Waals surface area (Å²) >= 11 is 6.00. The van der Waals surface area contributed by atoms with Crippen molar-refractivity contribution in [3.05, 3.63) is 35.9 Å². The summed E-state index contributed by atoms with van der Waals surface area (Å²) in [6.07, 6.45) is 2.30. The predicted molar refractivity (Wildman–Crippen MR) is 67.4 cm³/mol. The number of alkyl halides is 1. The SMILES string of the molecule is CCC(CC)NC(CCl)c1ccccc1. The van der Waals surface area contributed by atoms with Crippen molar-refractivity contribution >= 4 is 11.6 Å². The molecular formula is C13H20ClN. The van der Waals surface area contributed by atoms with E-state index < -0.39 is 0 Å². The average molecular weight is 226 g/mol. The average Bonchev–Trinajstić information content (AvgIpc) is 2.32. The van der Waals surface area contributed by atoms with Crippen LogP contribution in [0.15, 0.2) is 30.3 Å². The molecule has 0 aliphatic carbocycles. The van der Waals surface area contributed by atoms with Gasteiger partial charge in [-0.2, -0.15) is 0 Å². The van der Waals surface area contributed by atoms with Crippen LogP contribution < -0.4 is 5.32 Å². The predicted octanol–water partition coefficient (Wildman–Crippen LogP) is 3.74. The molecule has 15 heavy (non-hydrogen) atoms. The van der Waals surface area contributed by atoms with E-state index in [0.717, 1.165) is 12.8 Å². The van der Waals surface area contributed by atoms with Gasteiger partial charge in [0.05, 0.1) is 0 Å². The van der Waals surface area contributed by atoms with Crippen LogP contribution in [0.1, 0.15) is 38.3 Å². The monoisotopic (exact) mass is 225 g/mol. The van der Waals surface area contributed by atoms with Gasteiger partial charge in [0.25, 0.3) is 0 Å². The maximum absolute atomic E-state index is 6.00. The molecular weight excluding hydrogens is 206 g/mol. The van der Waals surface area contributed by atoms with Crippen LogP contribution >= 0.6 is 11.6 Å². The molecule has 0 heterocycles. The lowest BCUT2D eigenvalue weighted by atomic mass is 10.1. The van der Waals surface area contributed by atoms with Gasteiger partial charge in [0.2, 0.25) is 0 Å². The van der Waals surface area contributed by atoms with Crippen LogP contribution in [-0.4, -0.2) is 11.9 Å². The Morgan fingerprint density at radius 1 is 1.13 bits per heavy atom. The fourth-order valence-electron chi connectivity index (χ4n) is 1.72. The van der Waals surface area contributed by atoms with Crippen LogP contribution in [0.2, 0.25) is 0 Å². The minimum atomic E-state index is 0.276. The van der Waals surface area contributed by atoms with Crippen molar-refractivity contribution in [2.45, 2.75) is 38.8 Å². The highest BCUT2D eigenvalue weighted by molar-refractivity contribution is 6.18. The first kappa shape index (κ1) is 12.5. The Morgan fingerprint density at radius 2 is 1.73 bits per heavy atom. The Labute approximate surface area is 97.8 Å². The first-order valence-corrected chi connectivity index (χ1v) is 6.22. The van der Waals surface area contributed by atoms with E-state index in [1.54, 1.807) is 0 Å². The summed E-state index contributed by atoms with van der Waals surface area (Å²) < 4.78 is 0. The van der Waals surface area contributed by atoms with Crippen molar-refractivity contribution < 1.29 is 0 Å². The summed E-state index contributed by atoms with van der Waals surface area (Å²) in [6.45, 7) is 4.41. The second-order valence-corrected chi connectivity index (χ2v) is 4.11. The molecule has 2 heteroatoms. The Bertz CT molecular complexity index is 256. The number of halogens is 1. The molecule has 1 aromatic carbocycles. The molecule has 0 saturated heterocycles. The lowest BCUT2D eigenvalue weighted by molar-refractivity contribution is 0.435. The van der Waals surface area contributed by atoms with Crippen molar-refractivity contribution in [2.24, 2.45) is 0 Å². The van der Waals surface area contributed by atoms with Crippen LogP contribution in [0.4, 0.5) is 0 Å². The van der Waals surface area contributed by atoms with Gasteiger partial charge in [-0.05, 0) is 18.4 Å². The van der Waals surface area contributed by atoms with Crippen LogP contribution in [0.25, 0.3) is 0 Å². The highest BCUT2D eigenvalue weighted by atomic mass is 35.5. The maximum Gasteiger partial charge on any atom is 0.0459 e. The highest BCUT2D eigenvalue weighted by Crippen LogP contribution is 2.16. The first-order chi connectivity index (χ1) is 7.31. The topological polar surface area (TPSA) is 12.0 Å². The van der Waals surface area contributed by atoms with Crippen molar-refractivity contribution in [3.63, 3.8) is 0 Å². The third-order valence-electron chi connectivity index (χ3n) is 2.78. The summed E-state index contributed by atoms with van der Waals surface area (Å²) in [5.41, 5.74) is 1.28. The van der Waals surface area contributed by atoms with Gasteiger partial charge in [0.15, 0.2) is 0 Å². The summed E-state index contributed by atoms with van der Waals surface area (Å²) in [5.74, 6) is 0.626. The molecule has 0 spiro atoms. The third-order valence-corrected chi connectivity index (χ3v) is 3.09. The molecule has 0 bridgehead atoms. The third kappa shape index (κ3) is 3.84. The number of hydrogen-bond donors (Lipinski definition) is 1. The first-order valence-electron chi connectivity index (χ1n) is 5.68. The molecule has 1 atom stereocenters. The van der Waals surface area contributed by atoms with E-state index in [2.05, 4.69) is 43.4 Å². The van der Waals surface area contributed by atoms with E-state index in [1.807, 2.05) is 6.07 Å². The molecule has 0 amide bonds. The zero-order valence-electron chi connectivity index (χ0n) is 9.54. The summed E-state index contributed by atoms with van der Waals surface area (Å²) in [6, 6.07) is 11.2. The normalized spacial score (nSPS) is 13.1. The zero-order chi connectivity index (χ0) is 11.1. The molecule has 0 radical (unpaired) electrons. The van der Waals surface area contributed by atoms with E-state index >= 15 is 0 Å². The molecule has 0 saturated carbocycles. The Kier molecular flexibility index (Phi) is 5.74. The second kappa shape index (κ2) is 6.86. The van der Waals surface area contributed by atoms with Crippen molar-refractivity contribution in [1.29, 1.82) is 0 Å². The molecule has 0 aliphatic rings. The quantitative estimate of drug-likeness (QED) is 0.728. The van der Waals surface area contributed by atoms with Gasteiger partial charge in [-0.15, -0.1) is 11.6 Å². The van der Waals surface area contributed by atoms with Gasteiger partial charge >= 0.3 is 0 Å². The summed E-state index contributed by atoms with van der Waals surface area (Å²) in [5, 5.41) is 3.59. The number of benzene rings is 1. The largest absolute Gasteiger partial charge is 0.306 e. The molecule has 1 aromatic rings.